The van der Waals surface area contributed by atoms with Crippen molar-refractivity contribution in [1.29, 1.82) is 0 Å². The van der Waals surface area contributed by atoms with Crippen LogP contribution >= 0.6 is 27.5 Å². The van der Waals surface area contributed by atoms with Gasteiger partial charge in [-0.25, -0.2) is 4.39 Å². The summed E-state index contributed by atoms with van der Waals surface area (Å²) in [7, 11) is 0. The van der Waals surface area contributed by atoms with Crippen LogP contribution in [0.25, 0.3) is 0 Å². The Balaban J connectivity index is 1.68. The summed E-state index contributed by atoms with van der Waals surface area (Å²) in [5, 5.41) is 11.5. The number of nitrogens with one attached hydrogen (secondary N) is 1. The summed E-state index contributed by atoms with van der Waals surface area (Å²) in [5.74, 6) is -0.593. The third-order valence-electron chi connectivity index (χ3n) is 3.98. The largest absolute Gasteiger partial charge is 0.322 e. The monoisotopic (exact) mass is 439 g/mol. The van der Waals surface area contributed by atoms with Crippen molar-refractivity contribution in [3.05, 3.63) is 63.4 Å². The van der Waals surface area contributed by atoms with Crippen LogP contribution in [0.5, 0.6) is 0 Å². The van der Waals surface area contributed by atoms with E-state index in [4.69, 9.17) is 11.6 Å². The average Bonchev–Trinajstić information content (AvgIpc) is 3.17. The van der Waals surface area contributed by atoms with Crippen molar-refractivity contribution in [2.24, 2.45) is 0 Å². The zero-order chi connectivity index (χ0) is 18.8. The van der Waals surface area contributed by atoms with Gasteiger partial charge in [-0.05, 0) is 47.5 Å². The van der Waals surface area contributed by atoms with Gasteiger partial charge in [0.15, 0.2) is 0 Å². The molecule has 1 unspecified atom stereocenters. The van der Waals surface area contributed by atoms with E-state index in [1.165, 1.54) is 12.1 Å². The summed E-state index contributed by atoms with van der Waals surface area (Å²) in [5.41, 5.74) is 2.16. The number of carbonyl (C=O) groups is 1. The van der Waals surface area contributed by atoms with Crippen molar-refractivity contribution in [1.82, 2.24) is 19.6 Å². The fourth-order valence-electron chi connectivity index (χ4n) is 2.49. The summed E-state index contributed by atoms with van der Waals surface area (Å²) in [6.45, 7) is 4.02. The van der Waals surface area contributed by atoms with Gasteiger partial charge >= 0.3 is 0 Å². The maximum atomic E-state index is 13.1. The van der Waals surface area contributed by atoms with E-state index < -0.39 is 6.04 Å². The Morgan fingerprint density at radius 3 is 2.81 bits per heavy atom. The minimum atomic E-state index is -0.476. The first-order chi connectivity index (χ1) is 12.3. The SMILES string of the molecule is Cc1c(Br)cnn1C(C)C(=O)Nc1cnn(Cc2ccc(F)cc2Cl)c1. The van der Waals surface area contributed by atoms with Gasteiger partial charge in [0, 0.05) is 11.2 Å². The number of halogens is 3. The fourth-order valence-corrected chi connectivity index (χ4v) is 2.99. The molecule has 0 spiro atoms. The van der Waals surface area contributed by atoms with Crippen LogP contribution in [-0.4, -0.2) is 25.5 Å². The highest BCUT2D eigenvalue weighted by Crippen LogP contribution is 2.21. The van der Waals surface area contributed by atoms with E-state index in [0.29, 0.717) is 17.3 Å². The zero-order valence-corrected chi connectivity index (χ0v) is 16.4. The highest BCUT2D eigenvalue weighted by Gasteiger charge is 2.19. The molecule has 1 N–H and O–H groups in total. The Morgan fingerprint density at radius 2 is 2.15 bits per heavy atom. The van der Waals surface area contributed by atoms with Crippen LogP contribution in [0.3, 0.4) is 0 Å². The standard InChI is InChI=1S/C17H16BrClFN5O/c1-10-15(18)7-22-25(10)11(2)17(26)23-14-6-21-24(9-14)8-12-3-4-13(20)5-16(12)19/h3-7,9,11H,8H2,1-2H3,(H,23,26). The van der Waals surface area contributed by atoms with E-state index in [1.807, 2.05) is 6.92 Å². The Morgan fingerprint density at radius 1 is 1.38 bits per heavy atom. The third kappa shape index (κ3) is 3.96. The molecule has 0 bridgehead atoms. The maximum absolute atomic E-state index is 13.1. The first kappa shape index (κ1) is 18.6. The highest BCUT2D eigenvalue weighted by molar-refractivity contribution is 9.10. The van der Waals surface area contributed by atoms with Crippen molar-refractivity contribution < 1.29 is 9.18 Å². The van der Waals surface area contributed by atoms with E-state index in [0.717, 1.165) is 15.7 Å². The number of anilines is 1. The Bertz CT molecular complexity index is 955. The van der Waals surface area contributed by atoms with Crippen LogP contribution in [0, 0.1) is 12.7 Å². The lowest BCUT2D eigenvalue weighted by Crippen LogP contribution is -2.25. The molecule has 0 aliphatic heterocycles. The Labute approximate surface area is 163 Å². The number of hydrogen-bond acceptors (Lipinski definition) is 3. The van der Waals surface area contributed by atoms with Crippen molar-refractivity contribution in [2.45, 2.75) is 26.4 Å². The Hall–Kier alpha value is -2.19. The lowest BCUT2D eigenvalue weighted by Gasteiger charge is -2.13. The van der Waals surface area contributed by atoms with E-state index in [1.54, 1.807) is 40.9 Å². The summed E-state index contributed by atoms with van der Waals surface area (Å²) in [6, 6.07) is 3.74. The second-order valence-electron chi connectivity index (χ2n) is 5.85. The second-order valence-corrected chi connectivity index (χ2v) is 7.11. The van der Waals surface area contributed by atoms with Crippen molar-refractivity contribution in [2.75, 3.05) is 5.32 Å². The lowest BCUT2D eigenvalue weighted by atomic mass is 10.2. The molecule has 0 radical (unpaired) electrons. The normalized spacial score (nSPS) is 12.2. The molecular formula is C17H16BrClFN5O. The van der Waals surface area contributed by atoms with Gasteiger partial charge in [0.1, 0.15) is 11.9 Å². The van der Waals surface area contributed by atoms with Crippen molar-refractivity contribution >= 4 is 39.1 Å². The predicted octanol–water partition coefficient (Wildman–Crippen LogP) is 4.19. The molecule has 0 saturated carbocycles. The van der Waals surface area contributed by atoms with Gasteiger partial charge in [-0.15, -0.1) is 0 Å². The number of benzene rings is 1. The molecule has 1 atom stereocenters. The van der Waals surface area contributed by atoms with E-state index >= 15 is 0 Å². The summed E-state index contributed by atoms with van der Waals surface area (Å²) in [6.07, 6.45) is 4.90. The first-order valence-electron chi connectivity index (χ1n) is 7.82. The molecular weight excluding hydrogens is 425 g/mol. The summed E-state index contributed by atoms with van der Waals surface area (Å²) in [4.78, 5) is 12.4. The van der Waals surface area contributed by atoms with E-state index in [2.05, 4.69) is 31.4 Å². The quantitative estimate of drug-likeness (QED) is 0.647. The van der Waals surface area contributed by atoms with Crippen LogP contribution in [0.15, 0.2) is 41.3 Å². The van der Waals surface area contributed by atoms with E-state index in [9.17, 15) is 9.18 Å². The molecule has 0 aliphatic carbocycles. The molecule has 1 aromatic carbocycles. The maximum Gasteiger partial charge on any atom is 0.249 e. The molecule has 3 rings (SSSR count). The molecule has 26 heavy (non-hydrogen) atoms. The average molecular weight is 441 g/mol. The number of hydrogen-bond donors (Lipinski definition) is 1. The van der Waals surface area contributed by atoms with Gasteiger partial charge in [-0.2, -0.15) is 10.2 Å². The van der Waals surface area contributed by atoms with Crippen LogP contribution in [0.2, 0.25) is 5.02 Å². The van der Waals surface area contributed by atoms with Crippen LogP contribution in [-0.2, 0) is 11.3 Å². The third-order valence-corrected chi connectivity index (χ3v) is 5.11. The van der Waals surface area contributed by atoms with Gasteiger partial charge in [-0.3, -0.25) is 14.2 Å². The highest BCUT2D eigenvalue weighted by atomic mass is 79.9. The predicted molar refractivity (Wildman–Crippen MR) is 101 cm³/mol. The molecule has 0 saturated heterocycles. The molecule has 1 amide bonds. The zero-order valence-electron chi connectivity index (χ0n) is 14.1. The first-order valence-corrected chi connectivity index (χ1v) is 8.99. The van der Waals surface area contributed by atoms with Gasteiger partial charge in [-0.1, -0.05) is 17.7 Å². The molecule has 3 aromatic rings. The van der Waals surface area contributed by atoms with Gasteiger partial charge in [0.25, 0.3) is 0 Å². The van der Waals surface area contributed by atoms with Crippen LogP contribution in [0.1, 0.15) is 24.2 Å². The Kier molecular flexibility index (Phi) is 5.43. The van der Waals surface area contributed by atoms with Gasteiger partial charge in [0.2, 0.25) is 5.91 Å². The van der Waals surface area contributed by atoms with Gasteiger partial charge in [0.05, 0.1) is 34.8 Å². The number of rotatable bonds is 5. The van der Waals surface area contributed by atoms with Crippen molar-refractivity contribution in [3.63, 3.8) is 0 Å². The number of amides is 1. The molecule has 6 nitrogen and oxygen atoms in total. The molecule has 0 aliphatic rings. The second kappa shape index (κ2) is 7.59. The summed E-state index contributed by atoms with van der Waals surface area (Å²) < 4.78 is 17.2. The number of nitrogens with zero attached hydrogens (tertiary/aromatic N) is 4. The smallest absolute Gasteiger partial charge is 0.249 e. The molecule has 9 heteroatoms. The minimum Gasteiger partial charge on any atom is -0.322 e. The van der Waals surface area contributed by atoms with Crippen molar-refractivity contribution in [3.8, 4) is 0 Å². The van der Waals surface area contributed by atoms with Gasteiger partial charge < -0.3 is 5.32 Å². The minimum absolute atomic E-state index is 0.205. The number of aromatic nitrogens is 4. The molecule has 2 heterocycles. The summed E-state index contributed by atoms with van der Waals surface area (Å²) >= 11 is 9.42. The molecule has 0 fully saturated rings. The molecule has 2 aromatic heterocycles. The fraction of sp³-hybridized carbons (Fsp3) is 0.235. The van der Waals surface area contributed by atoms with Crippen LogP contribution in [0.4, 0.5) is 10.1 Å². The van der Waals surface area contributed by atoms with E-state index in [-0.39, 0.29) is 11.7 Å². The lowest BCUT2D eigenvalue weighted by molar-refractivity contribution is -0.119. The van der Waals surface area contributed by atoms with Crippen LogP contribution < -0.4 is 5.32 Å². The molecule has 136 valence electrons. The number of carbonyl (C=O) groups excluding carboxylic acids is 1. The topological polar surface area (TPSA) is 64.7 Å².